The molecule has 1 aromatic heterocycles. The maximum atomic E-state index is 5.83. The van der Waals surface area contributed by atoms with Gasteiger partial charge in [0.15, 0.2) is 5.75 Å². The molecule has 0 aliphatic heterocycles. The molecule has 1 aromatic rings. The van der Waals surface area contributed by atoms with Gasteiger partial charge in [0.1, 0.15) is 6.10 Å². The fraction of sp³-hybridized carbons (Fsp3) is 0.750. The molecule has 0 amide bonds. The van der Waals surface area contributed by atoms with Crippen LogP contribution >= 0.6 is 0 Å². The summed E-state index contributed by atoms with van der Waals surface area (Å²) >= 11 is 0. The number of nitrogens with one attached hydrogen (secondary N) is 1. The Kier molecular flexibility index (Phi) is 3.49. The standard InChI is InChI=1S/C12H21N3O/c1-4-13-10-5-11(6-10)16-12-7-14-15(8-12)9(2)3/h7-11,13H,4-6H2,1-3H3. The van der Waals surface area contributed by atoms with Crippen LogP contribution in [0.3, 0.4) is 0 Å². The summed E-state index contributed by atoms with van der Waals surface area (Å²) in [5.41, 5.74) is 0. The van der Waals surface area contributed by atoms with Crippen LogP contribution in [0.5, 0.6) is 5.75 Å². The first kappa shape index (κ1) is 11.5. The molecule has 16 heavy (non-hydrogen) atoms. The lowest BCUT2D eigenvalue weighted by atomic mass is 9.89. The molecule has 1 aliphatic rings. The van der Waals surface area contributed by atoms with E-state index in [1.165, 1.54) is 0 Å². The van der Waals surface area contributed by atoms with Gasteiger partial charge >= 0.3 is 0 Å². The second-order valence-corrected chi connectivity index (χ2v) is 4.72. The van der Waals surface area contributed by atoms with Crippen LogP contribution in [0.25, 0.3) is 0 Å². The molecule has 90 valence electrons. The third-order valence-corrected chi connectivity index (χ3v) is 3.00. The largest absolute Gasteiger partial charge is 0.487 e. The smallest absolute Gasteiger partial charge is 0.157 e. The van der Waals surface area contributed by atoms with E-state index in [1.54, 1.807) is 6.20 Å². The zero-order valence-electron chi connectivity index (χ0n) is 10.3. The molecular weight excluding hydrogens is 202 g/mol. The summed E-state index contributed by atoms with van der Waals surface area (Å²) in [7, 11) is 0. The highest BCUT2D eigenvalue weighted by Gasteiger charge is 2.30. The van der Waals surface area contributed by atoms with Crippen LogP contribution in [-0.2, 0) is 0 Å². The Hall–Kier alpha value is -1.03. The molecular formula is C12H21N3O. The van der Waals surface area contributed by atoms with Crippen molar-refractivity contribution >= 4 is 0 Å². The Balaban J connectivity index is 1.78. The number of aromatic nitrogens is 2. The van der Waals surface area contributed by atoms with Gasteiger partial charge < -0.3 is 10.1 Å². The minimum atomic E-state index is 0.369. The van der Waals surface area contributed by atoms with E-state index in [9.17, 15) is 0 Å². The fourth-order valence-electron chi connectivity index (χ4n) is 1.97. The first-order valence-corrected chi connectivity index (χ1v) is 6.13. The van der Waals surface area contributed by atoms with E-state index in [2.05, 4.69) is 31.2 Å². The number of hydrogen-bond donors (Lipinski definition) is 1. The monoisotopic (exact) mass is 223 g/mol. The van der Waals surface area contributed by atoms with Gasteiger partial charge in [0, 0.05) is 12.1 Å². The summed E-state index contributed by atoms with van der Waals surface area (Å²) in [6, 6.07) is 1.04. The molecule has 1 saturated carbocycles. The number of rotatable bonds is 5. The SMILES string of the molecule is CCNC1CC(Oc2cnn(C(C)C)c2)C1. The summed E-state index contributed by atoms with van der Waals surface area (Å²) < 4.78 is 7.76. The average Bonchev–Trinajstić information content (AvgIpc) is 2.63. The highest BCUT2D eigenvalue weighted by atomic mass is 16.5. The first-order valence-electron chi connectivity index (χ1n) is 6.13. The summed E-state index contributed by atoms with van der Waals surface area (Å²) in [5.74, 6) is 0.897. The van der Waals surface area contributed by atoms with E-state index < -0.39 is 0 Å². The molecule has 1 heterocycles. The van der Waals surface area contributed by atoms with Crippen molar-refractivity contribution in [2.75, 3.05) is 6.54 Å². The number of hydrogen-bond acceptors (Lipinski definition) is 3. The molecule has 1 aliphatic carbocycles. The summed E-state index contributed by atoms with van der Waals surface area (Å²) in [6.07, 6.45) is 6.38. The van der Waals surface area contributed by atoms with E-state index in [-0.39, 0.29) is 0 Å². The third-order valence-electron chi connectivity index (χ3n) is 3.00. The second kappa shape index (κ2) is 4.87. The van der Waals surface area contributed by atoms with Gasteiger partial charge in [-0.25, -0.2) is 0 Å². The van der Waals surface area contributed by atoms with E-state index in [4.69, 9.17) is 4.74 Å². The summed E-state index contributed by atoms with van der Waals surface area (Å²) in [6.45, 7) is 7.41. The molecule has 2 rings (SSSR count). The van der Waals surface area contributed by atoms with Crippen molar-refractivity contribution in [3.8, 4) is 5.75 Å². The molecule has 0 spiro atoms. The van der Waals surface area contributed by atoms with E-state index >= 15 is 0 Å². The van der Waals surface area contributed by atoms with Gasteiger partial charge in [0.05, 0.1) is 12.4 Å². The quantitative estimate of drug-likeness (QED) is 0.829. The van der Waals surface area contributed by atoms with Gasteiger partial charge in [-0.1, -0.05) is 6.92 Å². The van der Waals surface area contributed by atoms with Gasteiger partial charge in [-0.05, 0) is 33.2 Å². The highest BCUT2D eigenvalue weighted by Crippen LogP contribution is 2.25. The predicted molar refractivity (Wildman–Crippen MR) is 63.7 cm³/mol. The lowest BCUT2D eigenvalue weighted by molar-refractivity contribution is 0.0858. The summed E-state index contributed by atoms with van der Waals surface area (Å²) in [4.78, 5) is 0. The minimum Gasteiger partial charge on any atom is -0.487 e. The molecule has 0 aromatic carbocycles. The van der Waals surface area contributed by atoms with Crippen molar-refractivity contribution in [2.45, 2.75) is 51.8 Å². The number of ether oxygens (including phenoxy) is 1. The summed E-state index contributed by atoms with van der Waals surface area (Å²) in [5, 5.41) is 7.68. The van der Waals surface area contributed by atoms with Crippen molar-refractivity contribution in [3.05, 3.63) is 12.4 Å². The molecule has 1 fully saturated rings. The average molecular weight is 223 g/mol. The van der Waals surface area contributed by atoms with Crippen LogP contribution < -0.4 is 10.1 Å². The zero-order valence-corrected chi connectivity index (χ0v) is 10.3. The Morgan fingerprint density at radius 1 is 1.56 bits per heavy atom. The molecule has 4 heteroatoms. The molecule has 0 radical (unpaired) electrons. The highest BCUT2D eigenvalue weighted by molar-refractivity contribution is 5.13. The lowest BCUT2D eigenvalue weighted by Crippen LogP contribution is -2.46. The van der Waals surface area contributed by atoms with Gasteiger partial charge in [0.25, 0.3) is 0 Å². The molecule has 0 bridgehead atoms. The Morgan fingerprint density at radius 3 is 2.88 bits per heavy atom. The molecule has 0 saturated heterocycles. The van der Waals surface area contributed by atoms with Crippen LogP contribution in [-0.4, -0.2) is 28.5 Å². The maximum absolute atomic E-state index is 5.83. The topological polar surface area (TPSA) is 39.1 Å². The zero-order chi connectivity index (χ0) is 11.5. The Labute approximate surface area is 97.0 Å². The van der Waals surface area contributed by atoms with E-state index in [0.29, 0.717) is 18.2 Å². The van der Waals surface area contributed by atoms with Crippen molar-refractivity contribution < 1.29 is 4.74 Å². The van der Waals surface area contributed by atoms with Crippen molar-refractivity contribution in [3.63, 3.8) is 0 Å². The third kappa shape index (κ3) is 2.55. The molecule has 1 N–H and O–H groups in total. The fourth-order valence-corrected chi connectivity index (χ4v) is 1.97. The first-order chi connectivity index (χ1) is 7.69. The molecule has 0 unspecified atom stereocenters. The predicted octanol–water partition coefficient (Wildman–Crippen LogP) is 1.98. The van der Waals surface area contributed by atoms with Crippen molar-refractivity contribution in [1.82, 2.24) is 15.1 Å². The van der Waals surface area contributed by atoms with Gasteiger partial charge in [-0.15, -0.1) is 0 Å². The van der Waals surface area contributed by atoms with Crippen LogP contribution in [0.1, 0.15) is 39.7 Å². The van der Waals surface area contributed by atoms with Crippen LogP contribution in [0.2, 0.25) is 0 Å². The van der Waals surface area contributed by atoms with Crippen molar-refractivity contribution in [2.24, 2.45) is 0 Å². The number of nitrogens with zero attached hydrogens (tertiary/aromatic N) is 2. The second-order valence-electron chi connectivity index (χ2n) is 4.72. The molecule has 4 nitrogen and oxygen atoms in total. The molecule has 0 atom stereocenters. The normalized spacial score (nSPS) is 24.5. The lowest BCUT2D eigenvalue weighted by Gasteiger charge is -2.35. The van der Waals surface area contributed by atoms with E-state index in [1.807, 2.05) is 10.9 Å². The van der Waals surface area contributed by atoms with E-state index in [0.717, 1.165) is 25.1 Å². The minimum absolute atomic E-state index is 0.369. The Morgan fingerprint density at radius 2 is 2.31 bits per heavy atom. The maximum Gasteiger partial charge on any atom is 0.157 e. The van der Waals surface area contributed by atoms with Gasteiger partial charge in [-0.3, -0.25) is 4.68 Å². The van der Waals surface area contributed by atoms with Crippen LogP contribution in [0.4, 0.5) is 0 Å². The Bertz CT molecular complexity index is 329. The van der Waals surface area contributed by atoms with Crippen LogP contribution in [0, 0.1) is 0 Å². The van der Waals surface area contributed by atoms with Gasteiger partial charge in [0.2, 0.25) is 0 Å². The van der Waals surface area contributed by atoms with Gasteiger partial charge in [-0.2, -0.15) is 5.10 Å². The van der Waals surface area contributed by atoms with Crippen molar-refractivity contribution in [1.29, 1.82) is 0 Å². The van der Waals surface area contributed by atoms with Crippen LogP contribution in [0.15, 0.2) is 12.4 Å².